The molecule has 4 heteroatoms. The van der Waals surface area contributed by atoms with E-state index in [1.165, 1.54) is 0 Å². The summed E-state index contributed by atoms with van der Waals surface area (Å²) in [4.78, 5) is 16.6. The van der Waals surface area contributed by atoms with Crippen molar-refractivity contribution in [2.45, 2.75) is 0 Å². The molecule has 0 unspecified atom stereocenters. The molecule has 116 valence electrons. The third kappa shape index (κ3) is 2.65. The lowest BCUT2D eigenvalue weighted by molar-refractivity contribution is -0.129. The first-order valence-electron chi connectivity index (χ1n) is 7.47. The van der Waals surface area contributed by atoms with Crippen molar-refractivity contribution >= 4 is 44.6 Å². The van der Waals surface area contributed by atoms with Crippen molar-refractivity contribution in [1.29, 1.82) is 0 Å². The van der Waals surface area contributed by atoms with Crippen molar-refractivity contribution in [1.82, 2.24) is 0 Å². The number of carbonyl (C=O) groups excluding carboxylic acids is 1. The molecule has 0 bridgehead atoms. The van der Waals surface area contributed by atoms with Gasteiger partial charge in [-0.05, 0) is 50.5 Å². The number of hydrogen-bond acceptors (Lipinski definition) is 3. The van der Waals surface area contributed by atoms with Gasteiger partial charge in [-0.2, -0.15) is 0 Å². The van der Waals surface area contributed by atoms with E-state index < -0.39 is 5.97 Å². The zero-order chi connectivity index (χ0) is 16.5. The third-order valence-corrected chi connectivity index (χ3v) is 4.53. The van der Waals surface area contributed by atoms with E-state index in [4.69, 9.17) is 4.74 Å². The normalized spacial score (nSPS) is 15.6. The standard InChI is InChI=1S/C20H12BrNO2/c21-17-11-4-3-10-16(17)19-22-18(20(23)24-19)12-14-8-5-7-13-6-1-2-9-15(13)14/h1-12H/b18-12+. The van der Waals surface area contributed by atoms with E-state index in [2.05, 4.69) is 20.9 Å². The van der Waals surface area contributed by atoms with Gasteiger partial charge in [-0.1, -0.05) is 54.6 Å². The van der Waals surface area contributed by atoms with Crippen LogP contribution in [-0.4, -0.2) is 11.9 Å². The molecule has 0 N–H and O–H groups in total. The van der Waals surface area contributed by atoms with Crippen LogP contribution in [0.4, 0.5) is 0 Å². The topological polar surface area (TPSA) is 38.7 Å². The Morgan fingerprint density at radius 3 is 2.54 bits per heavy atom. The molecule has 3 nitrogen and oxygen atoms in total. The maximum absolute atomic E-state index is 12.2. The first kappa shape index (κ1) is 14.8. The van der Waals surface area contributed by atoms with Crippen LogP contribution < -0.4 is 0 Å². The molecule has 0 amide bonds. The maximum Gasteiger partial charge on any atom is 0.363 e. The fourth-order valence-corrected chi connectivity index (χ4v) is 3.14. The van der Waals surface area contributed by atoms with Crippen LogP contribution in [0, 0.1) is 0 Å². The van der Waals surface area contributed by atoms with Gasteiger partial charge in [0.25, 0.3) is 0 Å². The molecule has 3 aromatic carbocycles. The van der Waals surface area contributed by atoms with Crippen molar-refractivity contribution < 1.29 is 9.53 Å². The summed E-state index contributed by atoms with van der Waals surface area (Å²) in [6.07, 6.45) is 1.77. The van der Waals surface area contributed by atoms with Crippen LogP contribution in [0.2, 0.25) is 0 Å². The molecule has 24 heavy (non-hydrogen) atoms. The fourth-order valence-electron chi connectivity index (χ4n) is 2.68. The van der Waals surface area contributed by atoms with E-state index in [0.29, 0.717) is 11.6 Å². The van der Waals surface area contributed by atoms with Gasteiger partial charge in [-0.3, -0.25) is 0 Å². The molecule has 3 aromatic rings. The molecular weight excluding hydrogens is 366 g/mol. The highest BCUT2D eigenvalue weighted by Crippen LogP contribution is 2.26. The summed E-state index contributed by atoms with van der Waals surface area (Å²) in [6, 6.07) is 21.5. The van der Waals surface area contributed by atoms with Crippen LogP contribution in [0.1, 0.15) is 11.1 Å². The summed E-state index contributed by atoms with van der Waals surface area (Å²) >= 11 is 3.45. The second kappa shape index (κ2) is 6.06. The van der Waals surface area contributed by atoms with Crippen molar-refractivity contribution in [3.8, 4) is 0 Å². The van der Waals surface area contributed by atoms with E-state index in [1.54, 1.807) is 6.08 Å². The van der Waals surface area contributed by atoms with Crippen molar-refractivity contribution in [3.63, 3.8) is 0 Å². The van der Waals surface area contributed by atoms with Crippen LogP contribution in [0.25, 0.3) is 16.8 Å². The van der Waals surface area contributed by atoms with E-state index >= 15 is 0 Å². The zero-order valence-corrected chi connectivity index (χ0v) is 14.2. The van der Waals surface area contributed by atoms with Crippen LogP contribution in [0.15, 0.2) is 81.9 Å². The smallest absolute Gasteiger partial charge is 0.363 e. The summed E-state index contributed by atoms with van der Waals surface area (Å²) in [5.41, 5.74) is 2.00. The monoisotopic (exact) mass is 377 g/mol. The number of ether oxygens (including phenoxy) is 1. The van der Waals surface area contributed by atoms with Crippen molar-refractivity contribution in [2.75, 3.05) is 0 Å². The van der Waals surface area contributed by atoms with Crippen LogP contribution >= 0.6 is 15.9 Å². The molecule has 1 heterocycles. The Morgan fingerprint density at radius 1 is 0.917 bits per heavy atom. The molecule has 0 spiro atoms. The number of cyclic esters (lactones) is 1. The average molecular weight is 378 g/mol. The van der Waals surface area contributed by atoms with E-state index in [-0.39, 0.29) is 0 Å². The Labute approximate surface area is 147 Å². The molecule has 0 radical (unpaired) electrons. The van der Waals surface area contributed by atoms with Crippen molar-refractivity contribution in [3.05, 3.63) is 88.0 Å². The number of nitrogens with zero attached hydrogens (tertiary/aromatic N) is 1. The van der Waals surface area contributed by atoms with Gasteiger partial charge < -0.3 is 4.74 Å². The Bertz CT molecular complexity index is 1020. The largest absolute Gasteiger partial charge is 0.402 e. The van der Waals surface area contributed by atoms with Crippen LogP contribution in [0.3, 0.4) is 0 Å². The van der Waals surface area contributed by atoms with Gasteiger partial charge in [-0.25, -0.2) is 9.79 Å². The molecule has 0 saturated carbocycles. The van der Waals surface area contributed by atoms with Gasteiger partial charge in [0.2, 0.25) is 5.90 Å². The molecule has 0 saturated heterocycles. The van der Waals surface area contributed by atoms with Gasteiger partial charge in [0.05, 0.1) is 5.56 Å². The van der Waals surface area contributed by atoms with Gasteiger partial charge in [0.15, 0.2) is 5.70 Å². The molecule has 0 atom stereocenters. The third-order valence-electron chi connectivity index (χ3n) is 3.84. The highest BCUT2D eigenvalue weighted by Gasteiger charge is 2.25. The van der Waals surface area contributed by atoms with Gasteiger partial charge in [0, 0.05) is 4.47 Å². The molecule has 0 aliphatic carbocycles. The molecule has 0 fully saturated rings. The number of esters is 1. The molecule has 4 rings (SSSR count). The van der Waals surface area contributed by atoms with Gasteiger partial charge in [0.1, 0.15) is 0 Å². The Hall–Kier alpha value is -2.72. The SMILES string of the molecule is O=C1OC(c2ccccc2Br)=N/C1=C/c1cccc2ccccc12. The highest BCUT2D eigenvalue weighted by atomic mass is 79.9. The van der Waals surface area contributed by atoms with Crippen molar-refractivity contribution in [2.24, 2.45) is 4.99 Å². The number of carbonyl (C=O) groups is 1. The predicted octanol–water partition coefficient (Wildman–Crippen LogP) is 4.95. The number of benzene rings is 3. The first-order valence-corrected chi connectivity index (χ1v) is 8.27. The minimum atomic E-state index is -0.436. The Kier molecular flexibility index (Phi) is 3.75. The number of rotatable bonds is 2. The second-order valence-corrected chi connectivity index (χ2v) is 6.24. The molecule has 0 aromatic heterocycles. The summed E-state index contributed by atoms with van der Waals surface area (Å²) in [6.45, 7) is 0. The summed E-state index contributed by atoms with van der Waals surface area (Å²) in [5.74, 6) is -0.118. The number of halogens is 1. The maximum atomic E-state index is 12.2. The quantitative estimate of drug-likeness (QED) is 0.468. The predicted molar refractivity (Wildman–Crippen MR) is 98.7 cm³/mol. The fraction of sp³-hybridized carbons (Fsp3) is 0. The Morgan fingerprint density at radius 2 is 1.67 bits per heavy atom. The zero-order valence-electron chi connectivity index (χ0n) is 12.6. The van der Waals surface area contributed by atoms with Crippen LogP contribution in [0.5, 0.6) is 0 Å². The highest BCUT2D eigenvalue weighted by molar-refractivity contribution is 9.10. The molecular formula is C20H12BrNO2. The molecule has 1 aliphatic rings. The van der Waals surface area contributed by atoms with Gasteiger partial charge >= 0.3 is 5.97 Å². The number of hydrogen-bond donors (Lipinski definition) is 0. The van der Waals surface area contributed by atoms with E-state index in [9.17, 15) is 4.79 Å². The Balaban J connectivity index is 1.80. The average Bonchev–Trinajstić information content (AvgIpc) is 2.96. The van der Waals surface area contributed by atoms with E-state index in [1.807, 2.05) is 66.7 Å². The summed E-state index contributed by atoms with van der Waals surface area (Å²) in [5, 5.41) is 2.19. The van der Waals surface area contributed by atoms with Gasteiger partial charge in [-0.15, -0.1) is 0 Å². The second-order valence-electron chi connectivity index (χ2n) is 5.38. The van der Waals surface area contributed by atoms with Crippen LogP contribution in [-0.2, 0) is 9.53 Å². The number of fused-ring (bicyclic) bond motifs is 1. The lowest BCUT2D eigenvalue weighted by Crippen LogP contribution is -2.05. The number of aliphatic imine (C=N–C) groups is 1. The summed E-state index contributed by atoms with van der Waals surface area (Å²) in [7, 11) is 0. The lowest BCUT2D eigenvalue weighted by atomic mass is 10.0. The first-order chi connectivity index (χ1) is 11.7. The minimum Gasteiger partial charge on any atom is -0.402 e. The summed E-state index contributed by atoms with van der Waals surface area (Å²) < 4.78 is 6.17. The minimum absolute atomic E-state index is 0.303. The van der Waals surface area contributed by atoms with E-state index in [0.717, 1.165) is 26.4 Å². The molecule has 1 aliphatic heterocycles. The lowest BCUT2D eigenvalue weighted by Gasteiger charge is -2.01.